The van der Waals surface area contributed by atoms with Gasteiger partial charge in [-0.1, -0.05) is 6.07 Å². The number of carboxylic acids is 1. The first-order valence-electron chi connectivity index (χ1n) is 7.01. The highest BCUT2D eigenvalue weighted by atomic mass is 19.4. The molecule has 2 rings (SSSR count). The molecular formula is C15H17F3N2O3. The van der Waals surface area contributed by atoms with Crippen LogP contribution in [0.3, 0.4) is 0 Å². The first-order valence-corrected chi connectivity index (χ1v) is 7.01. The third-order valence-electron chi connectivity index (χ3n) is 3.82. The number of nitrogens with zero attached hydrogens (tertiary/aromatic N) is 1. The van der Waals surface area contributed by atoms with Crippen molar-refractivity contribution in [2.75, 3.05) is 18.4 Å². The number of hydrogen-bond acceptors (Lipinski definition) is 2. The predicted molar refractivity (Wildman–Crippen MR) is 77.2 cm³/mol. The maximum absolute atomic E-state index is 12.9. The van der Waals surface area contributed by atoms with Gasteiger partial charge in [-0.15, -0.1) is 0 Å². The number of alkyl halides is 3. The summed E-state index contributed by atoms with van der Waals surface area (Å²) < 4.78 is 38.8. The van der Waals surface area contributed by atoms with Gasteiger partial charge in [0.2, 0.25) is 0 Å². The van der Waals surface area contributed by atoms with E-state index in [2.05, 4.69) is 5.32 Å². The Kier molecular flexibility index (Phi) is 4.53. The summed E-state index contributed by atoms with van der Waals surface area (Å²) in [4.78, 5) is 24.0. The van der Waals surface area contributed by atoms with Crippen molar-refractivity contribution >= 4 is 17.7 Å². The van der Waals surface area contributed by atoms with E-state index in [9.17, 15) is 22.8 Å². The van der Waals surface area contributed by atoms with Crippen LogP contribution in [0.25, 0.3) is 0 Å². The minimum Gasteiger partial charge on any atom is -0.481 e. The molecule has 1 aromatic rings. The molecule has 8 heteroatoms. The average molecular weight is 330 g/mol. The third-order valence-corrected chi connectivity index (χ3v) is 3.82. The van der Waals surface area contributed by atoms with Crippen molar-refractivity contribution < 1.29 is 27.9 Å². The van der Waals surface area contributed by atoms with Crippen molar-refractivity contribution in [1.29, 1.82) is 0 Å². The maximum Gasteiger partial charge on any atom is 0.394 e. The number of carbonyl (C=O) groups is 2. The van der Waals surface area contributed by atoms with Crippen molar-refractivity contribution in [2.45, 2.75) is 20.0 Å². The van der Waals surface area contributed by atoms with Crippen molar-refractivity contribution in [3.8, 4) is 0 Å². The minimum atomic E-state index is -4.65. The van der Waals surface area contributed by atoms with Gasteiger partial charge in [0, 0.05) is 18.8 Å². The summed E-state index contributed by atoms with van der Waals surface area (Å²) in [7, 11) is 0. The van der Waals surface area contributed by atoms with Crippen LogP contribution in [0.5, 0.6) is 0 Å². The van der Waals surface area contributed by atoms with Gasteiger partial charge >= 0.3 is 18.2 Å². The van der Waals surface area contributed by atoms with Gasteiger partial charge in [-0.3, -0.25) is 4.79 Å². The average Bonchev–Trinajstić information content (AvgIpc) is 2.82. The molecule has 5 nitrogen and oxygen atoms in total. The first-order chi connectivity index (χ1) is 10.6. The largest absolute Gasteiger partial charge is 0.481 e. The molecule has 1 saturated heterocycles. The number of carbonyl (C=O) groups excluding carboxylic acids is 1. The van der Waals surface area contributed by atoms with E-state index in [1.807, 2.05) is 19.9 Å². The maximum atomic E-state index is 12.9. The van der Waals surface area contributed by atoms with Gasteiger partial charge in [0.1, 0.15) is 0 Å². The number of halogens is 3. The molecule has 1 heterocycles. The van der Waals surface area contributed by atoms with Crippen LogP contribution in [-0.4, -0.2) is 41.3 Å². The van der Waals surface area contributed by atoms with E-state index in [-0.39, 0.29) is 0 Å². The summed E-state index contributed by atoms with van der Waals surface area (Å²) in [6, 6.07) is 4.55. The molecule has 2 atom stereocenters. The van der Waals surface area contributed by atoms with Gasteiger partial charge < -0.3 is 15.3 Å². The van der Waals surface area contributed by atoms with Crippen LogP contribution >= 0.6 is 0 Å². The first kappa shape index (κ1) is 17.1. The lowest BCUT2D eigenvalue weighted by molar-refractivity contribution is -0.187. The smallest absolute Gasteiger partial charge is 0.394 e. The number of aryl methyl sites for hydroxylation is 2. The molecular weight excluding hydrogens is 313 g/mol. The zero-order valence-corrected chi connectivity index (χ0v) is 12.6. The van der Waals surface area contributed by atoms with Gasteiger partial charge in [0.25, 0.3) is 0 Å². The monoisotopic (exact) mass is 330 g/mol. The summed E-state index contributed by atoms with van der Waals surface area (Å²) in [5.74, 6) is -5.24. The van der Waals surface area contributed by atoms with Gasteiger partial charge in [-0.2, -0.15) is 13.2 Å². The fourth-order valence-electron chi connectivity index (χ4n) is 2.80. The van der Waals surface area contributed by atoms with E-state index in [0.29, 0.717) is 5.69 Å². The Hall–Kier alpha value is -2.25. The molecule has 2 N–H and O–H groups in total. The van der Waals surface area contributed by atoms with E-state index >= 15 is 0 Å². The van der Waals surface area contributed by atoms with E-state index in [1.165, 1.54) is 0 Å². The Labute approximate surface area is 131 Å². The number of hydrogen-bond donors (Lipinski definition) is 2. The van der Waals surface area contributed by atoms with Crippen molar-refractivity contribution in [2.24, 2.45) is 11.8 Å². The molecule has 1 aliphatic heterocycles. The normalized spacial score (nSPS) is 21.3. The molecule has 1 aliphatic rings. The molecule has 0 spiro atoms. The highest BCUT2D eigenvalue weighted by molar-refractivity contribution is 5.90. The van der Waals surface area contributed by atoms with E-state index in [0.717, 1.165) is 16.0 Å². The summed E-state index contributed by atoms with van der Waals surface area (Å²) in [5.41, 5.74) is 2.27. The predicted octanol–water partition coefficient (Wildman–Crippen LogP) is 3.03. The van der Waals surface area contributed by atoms with Gasteiger partial charge in [0.15, 0.2) is 0 Å². The van der Waals surface area contributed by atoms with Crippen molar-refractivity contribution in [1.82, 2.24) is 4.90 Å². The van der Waals surface area contributed by atoms with E-state index in [4.69, 9.17) is 5.11 Å². The van der Waals surface area contributed by atoms with Gasteiger partial charge in [0.05, 0.1) is 11.8 Å². The molecule has 126 valence electrons. The number of likely N-dealkylation sites (tertiary alicyclic amines) is 1. The minimum absolute atomic E-state index is 0.462. The summed E-state index contributed by atoms with van der Waals surface area (Å²) in [6.07, 6.45) is -4.65. The topological polar surface area (TPSA) is 69.6 Å². The Morgan fingerprint density at radius 2 is 1.74 bits per heavy atom. The molecule has 0 aromatic heterocycles. The Morgan fingerprint density at radius 1 is 1.17 bits per heavy atom. The highest BCUT2D eigenvalue weighted by Crippen LogP contribution is 2.37. The highest BCUT2D eigenvalue weighted by Gasteiger charge is 2.53. The number of aliphatic carboxylic acids is 1. The van der Waals surface area contributed by atoms with Crippen LogP contribution in [-0.2, 0) is 4.79 Å². The molecule has 1 aromatic carbocycles. The fourth-order valence-corrected chi connectivity index (χ4v) is 2.80. The number of rotatable bonds is 2. The second-order valence-corrected chi connectivity index (χ2v) is 5.80. The van der Waals surface area contributed by atoms with E-state index < -0.39 is 43.1 Å². The molecule has 1 fully saturated rings. The summed E-state index contributed by atoms with van der Waals surface area (Å²) in [6.45, 7) is 2.55. The van der Waals surface area contributed by atoms with Crippen LogP contribution in [0.4, 0.5) is 23.7 Å². The lowest BCUT2D eigenvalue weighted by Crippen LogP contribution is -2.35. The molecule has 0 bridgehead atoms. The standard InChI is InChI=1S/C15H17F3N2O3/c1-8-3-9(2)5-10(4-8)19-14(23)20-6-11(13(21)22)12(7-20)15(16,17)18/h3-5,11-12H,6-7H2,1-2H3,(H,19,23)(H,21,22)/t11-,12-/m1/s1. The van der Waals surface area contributed by atoms with Gasteiger partial charge in [-0.25, -0.2) is 4.79 Å². The molecule has 0 aliphatic carbocycles. The lowest BCUT2D eigenvalue weighted by atomic mass is 9.96. The van der Waals surface area contributed by atoms with Crippen molar-refractivity contribution in [3.05, 3.63) is 29.3 Å². The fraction of sp³-hybridized carbons (Fsp3) is 0.467. The third kappa shape index (κ3) is 3.94. The molecule has 0 radical (unpaired) electrons. The number of benzene rings is 1. The number of urea groups is 1. The zero-order valence-electron chi connectivity index (χ0n) is 12.6. The van der Waals surface area contributed by atoms with Crippen LogP contribution < -0.4 is 5.32 Å². The zero-order chi connectivity index (χ0) is 17.4. The number of nitrogens with one attached hydrogen (secondary N) is 1. The van der Waals surface area contributed by atoms with E-state index in [1.54, 1.807) is 12.1 Å². The van der Waals surface area contributed by atoms with Crippen molar-refractivity contribution in [3.63, 3.8) is 0 Å². The summed E-state index contributed by atoms with van der Waals surface area (Å²) >= 11 is 0. The number of carboxylic acid groups (broad SMARTS) is 1. The second kappa shape index (κ2) is 6.10. The molecule has 0 unspecified atom stereocenters. The summed E-state index contributed by atoms with van der Waals surface area (Å²) in [5, 5.41) is 11.5. The SMILES string of the molecule is Cc1cc(C)cc(NC(=O)N2C[C@@H](C(F)(F)F)[C@H](C(=O)O)C2)c1. The van der Waals surface area contributed by atoms with Gasteiger partial charge in [-0.05, 0) is 37.1 Å². The molecule has 0 saturated carbocycles. The number of anilines is 1. The Bertz CT molecular complexity index is 611. The Morgan fingerprint density at radius 3 is 2.17 bits per heavy atom. The quantitative estimate of drug-likeness (QED) is 0.876. The molecule has 2 amide bonds. The van der Waals surface area contributed by atoms with Crippen LogP contribution in [0.15, 0.2) is 18.2 Å². The van der Waals surface area contributed by atoms with Crippen LogP contribution in [0.2, 0.25) is 0 Å². The van der Waals surface area contributed by atoms with Crippen LogP contribution in [0.1, 0.15) is 11.1 Å². The second-order valence-electron chi connectivity index (χ2n) is 5.80. The molecule has 23 heavy (non-hydrogen) atoms. The number of amides is 2. The Balaban J connectivity index is 2.13. The van der Waals surface area contributed by atoms with Crippen LogP contribution in [0, 0.1) is 25.7 Å². The lowest BCUT2D eigenvalue weighted by Gasteiger charge is -2.19.